The van der Waals surface area contributed by atoms with Gasteiger partial charge in [-0.05, 0) is 49.5 Å². The fraction of sp³-hybridized carbons (Fsp3) is 0.556. The Hall–Kier alpha value is -1.04. The van der Waals surface area contributed by atoms with Crippen molar-refractivity contribution in [2.75, 3.05) is 0 Å². The SMILES string of the molecule is C/C=C\C1=C2C1C1CCCC(/C=C\C=C\CC)C21. The second-order valence-corrected chi connectivity index (χ2v) is 5.89. The Morgan fingerprint density at radius 2 is 2.11 bits per heavy atom. The standard InChI is InChI=1S/C18H24/c1-3-5-6-7-10-13-11-8-12-15-16(13)18-14(9-4-2)17(15)18/h4-7,9-10,13,15-17H,3,8,11-12H2,1-2H3/b6-5+,9-4-,10-7-. The molecule has 0 spiro atoms. The molecule has 2 fully saturated rings. The van der Waals surface area contributed by atoms with Crippen LogP contribution in [0.25, 0.3) is 0 Å². The van der Waals surface area contributed by atoms with Crippen LogP contribution in [0.2, 0.25) is 0 Å². The molecule has 0 aromatic rings. The maximum atomic E-state index is 2.47. The van der Waals surface area contributed by atoms with Crippen molar-refractivity contribution in [2.45, 2.75) is 39.5 Å². The number of allylic oxidation sites excluding steroid dienone is 8. The lowest BCUT2D eigenvalue weighted by Crippen LogP contribution is -2.37. The van der Waals surface area contributed by atoms with Crippen LogP contribution in [0.4, 0.5) is 0 Å². The lowest BCUT2D eigenvalue weighted by molar-refractivity contribution is 0.142. The van der Waals surface area contributed by atoms with Crippen molar-refractivity contribution in [2.24, 2.45) is 23.7 Å². The van der Waals surface area contributed by atoms with Crippen LogP contribution < -0.4 is 0 Å². The number of hydrogen-bond donors (Lipinski definition) is 0. The first kappa shape index (κ1) is 12.0. The third-order valence-electron chi connectivity index (χ3n) is 4.89. The van der Waals surface area contributed by atoms with Crippen molar-refractivity contribution in [1.29, 1.82) is 0 Å². The van der Waals surface area contributed by atoms with Gasteiger partial charge in [0.15, 0.2) is 0 Å². The molecule has 0 amide bonds. The van der Waals surface area contributed by atoms with E-state index in [2.05, 4.69) is 50.3 Å². The van der Waals surface area contributed by atoms with Crippen LogP contribution in [0.3, 0.4) is 0 Å². The highest BCUT2D eigenvalue weighted by Gasteiger charge is 2.60. The first-order chi connectivity index (χ1) is 8.88. The molecule has 3 aliphatic carbocycles. The molecule has 4 atom stereocenters. The molecule has 3 rings (SSSR count). The summed E-state index contributed by atoms with van der Waals surface area (Å²) >= 11 is 0. The van der Waals surface area contributed by atoms with E-state index in [9.17, 15) is 0 Å². The van der Waals surface area contributed by atoms with E-state index < -0.39 is 0 Å². The van der Waals surface area contributed by atoms with Gasteiger partial charge in [-0.2, -0.15) is 0 Å². The molecule has 4 unspecified atom stereocenters. The zero-order valence-electron chi connectivity index (χ0n) is 11.6. The van der Waals surface area contributed by atoms with E-state index in [1.807, 2.05) is 5.57 Å². The van der Waals surface area contributed by atoms with Crippen LogP contribution in [0.5, 0.6) is 0 Å². The molecule has 0 bridgehead atoms. The highest BCUT2D eigenvalue weighted by molar-refractivity contribution is 5.58. The van der Waals surface area contributed by atoms with E-state index in [4.69, 9.17) is 0 Å². The number of fused-ring (bicyclic) bond motifs is 4. The Morgan fingerprint density at radius 1 is 1.22 bits per heavy atom. The van der Waals surface area contributed by atoms with Gasteiger partial charge < -0.3 is 0 Å². The average molecular weight is 240 g/mol. The van der Waals surface area contributed by atoms with Gasteiger partial charge in [0.2, 0.25) is 0 Å². The summed E-state index contributed by atoms with van der Waals surface area (Å²) in [4.78, 5) is 0. The second-order valence-electron chi connectivity index (χ2n) is 5.89. The Kier molecular flexibility index (Phi) is 3.28. The quantitative estimate of drug-likeness (QED) is 0.603. The highest BCUT2D eigenvalue weighted by atomic mass is 14.6. The maximum Gasteiger partial charge on any atom is 0.00913 e. The van der Waals surface area contributed by atoms with Crippen molar-refractivity contribution in [1.82, 2.24) is 0 Å². The summed E-state index contributed by atoms with van der Waals surface area (Å²) in [5.74, 6) is 3.62. The predicted octanol–water partition coefficient (Wildman–Crippen LogP) is 5.06. The monoisotopic (exact) mass is 240 g/mol. The molecular weight excluding hydrogens is 216 g/mol. The lowest BCUT2D eigenvalue weighted by atomic mass is 9.60. The zero-order chi connectivity index (χ0) is 12.5. The van der Waals surface area contributed by atoms with Crippen LogP contribution in [-0.4, -0.2) is 0 Å². The van der Waals surface area contributed by atoms with Gasteiger partial charge in [-0.15, -0.1) is 0 Å². The summed E-state index contributed by atoms with van der Waals surface area (Å²) in [6.07, 6.45) is 19.2. The van der Waals surface area contributed by atoms with Gasteiger partial charge in [0, 0.05) is 5.92 Å². The van der Waals surface area contributed by atoms with Crippen LogP contribution >= 0.6 is 0 Å². The van der Waals surface area contributed by atoms with Crippen LogP contribution in [-0.2, 0) is 0 Å². The molecule has 0 aromatic carbocycles. The smallest absolute Gasteiger partial charge is 0.00913 e. The minimum absolute atomic E-state index is 0.819. The number of hydrogen-bond acceptors (Lipinski definition) is 0. The van der Waals surface area contributed by atoms with Crippen molar-refractivity contribution < 1.29 is 0 Å². The topological polar surface area (TPSA) is 0 Å². The van der Waals surface area contributed by atoms with E-state index in [0.717, 1.165) is 30.1 Å². The zero-order valence-corrected chi connectivity index (χ0v) is 11.6. The van der Waals surface area contributed by atoms with Gasteiger partial charge in [0.1, 0.15) is 0 Å². The highest BCUT2D eigenvalue weighted by Crippen LogP contribution is 2.69. The van der Waals surface area contributed by atoms with Crippen LogP contribution in [0.1, 0.15) is 39.5 Å². The summed E-state index contributed by atoms with van der Waals surface area (Å²) in [6, 6.07) is 0. The van der Waals surface area contributed by atoms with E-state index in [-0.39, 0.29) is 0 Å². The van der Waals surface area contributed by atoms with E-state index >= 15 is 0 Å². The third-order valence-corrected chi connectivity index (χ3v) is 4.89. The molecule has 0 aromatic heterocycles. The molecule has 0 heterocycles. The molecule has 3 aliphatic rings. The summed E-state index contributed by atoms with van der Waals surface area (Å²) < 4.78 is 0. The molecular formula is C18H24. The molecule has 0 nitrogen and oxygen atoms in total. The minimum atomic E-state index is 0.819. The lowest BCUT2D eigenvalue weighted by Gasteiger charge is -2.44. The summed E-state index contributed by atoms with van der Waals surface area (Å²) in [6.45, 7) is 4.33. The Labute approximate surface area is 111 Å². The largest absolute Gasteiger partial charge is 0.0874 e. The Bertz CT molecular complexity index is 433. The van der Waals surface area contributed by atoms with Crippen molar-refractivity contribution >= 4 is 0 Å². The molecule has 0 aliphatic heterocycles. The van der Waals surface area contributed by atoms with E-state index in [1.54, 1.807) is 5.57 Å². The summed E-state index contributed by atoms with van der Waals surface area (Å²) in [7, 11) is 0. The first-order valence-corrected chi connectivity index (χ1v) is 7.58. The summed E-state index contributed by atoms with van der Waals surface area (Å²) in [5, 5.41) is 0. The van der Waals surface area contributed by atoms with Gasteiger partial charge in [-0.3, -0.25) is 0 Å². The van der Waals surface area contributed by atoms with Crippen molar-refractivity contribution in [3.63, 3.8) is 0 Å². The van der Waals surface area contributed by atoms with Crippen molar-refractivity contribution in [3.8, 4) is 0 Å². The fourth-order valence-electron chi connectivity index (χ4n) is 4.14. The van der Waals surface area contributed by atoms with Crippen molar-refractivity contribution in [3.05, 3.63) is 47.6 Å². The van der Waals surface area contributed by atoms with E-state index in [0.29, 0.717) is 0 Å². The third kappa shape index (κ3) is 1.83. The Balaban J connectivity index is 1.69. The fourth-order valence-corrected chi connectivity index (χ4v) is 4.14. The van der Waals surface area contributed by atoms with Gasteiger partial charge in [0.25, 0.3) is 0 Å². The van der Waals surface area contributed by atoms with E-state index in [1.165, 1.54) is 19.3 Å². The summed E-state index contributed by atoms with van der Waals surface area (Å²) in [5.41, 5.74) is 3.50. The molecule has 0 heteroatoms. The molecule has 2 saturated carbocycles. The Morgan fingerprint density at radius 3 is 2.89 bits per heavy atom. The molecule has 0 N–H and O–H groups in total. The minimum Gasteiger partial charge on any atom is -0.0874 e. The first-order valence-electron chi connectivity index (χ1n) is 7.58. The van der Waals surface area contributed by atoms with Gasteiger partial charge in [-0.1, -0.05) is 55.4 Å². The van der Waals surface area contributed by atoms with Gasteiger partial charge in [-0.25, -0.2) is 0 Å². The maximum absolute atomic E-state index is 2.47. The second kappa shape index (κ2) is 4.91. The van der Waals surface area contributed by atoms with Crippen LogP contribution in [0.15, 0.2) is 47.6 Å². The molecule has 0 saturated heterocycles. The van der Waals surface area contributed by atoms with Gasteiger partial charge in [0.05, 0.1) is 0 Å². The molecule has 18 heavy (non-hydrogen) atoms. The number of rotatable bonds is 4. The average Bonchev–Trinajstić information content (AvgIpc) is 2.98. The van der Waals surface area contributed by atoms with Gasteiger partial charge >= 0.3 is 0 Å². The molecule has 0 radical (unpaired) electrons. The predicted molar refractivity (Wildman–Crippen MR) is 78.2 cm³/mol. The normalized spacial score (nSPS) is 38.3. The molecule has 96 valence electrons. The van der Waals surface area contributed by atoms with Crippen LogP contribution in [0, 0.1) is 23.7 Å².